The lowest BCUT2D eigenvalue weighted by Gasteiger charge is -2.21. The third-order valence-electron chi connectivity index (χ3n) is 3.43. The predicted molar refractivity (Wildman–Crippen MR) is 67.5 cm³/mol. The van der Waals surface area contributed by atoms with Crippen LogP contribution in [0.1, 0.15) is 24.0 Å². The zero-order chi connectivity index (χ0) is 13.9. The summed E-state index contributed by atoms with van der Waals surface area (Å²) in [5.41, 5.74) is 1.28. The van der Waals surface area contributed by atoms with E-state index >= 15 is 0 Å². The van der Waals surface area contributed by atoms with Crippen LogP contribution in [0.2, 0.25) is 0 Å². The van der Waals surface area contributed by atoms with E-state index in [-0.39, 0.29) is 31.2 Å². The van der Waals surface area contributed by atoms with Gasteiger partial charge in [0.15, 0.2) is 6.79 Å². The van der Waals surface area contributed by atoms with Crippen LogP contribution in [0.25, 0.3) is 0 Å². The first-order chi connectivity index (χ1) is 9.74. The summed E-state index contributed by atoms with van der Waals surface area (Å²) in [4.78, 5) is 11.9. The van der Waals surface area contributed by atoms with E-state index in [0.29, 0.717) is 30.1 Å². The molecule has 1 aromatic rings. The minimum absolute atomic E-state index is 0.144. The topological polar surface area (TPSA) is 56.8 Å². The summed E-state index contributed by atoms with van der Waals surface area (Å²) in [5.74, 6) is 0.0806. The van der Waals surface area contributed by atoms with E-state index in [0.717, 1.165) is 12.8 Å². The Balaban J connectivity index is 1.70. The highest BCUT2D eigenvalue weighted by molar-refractivity contribution is 5.81. The van der Waals surface area contributed by atoms with Crippen LogP contribution in [0, 0.1) is 5.82 Å². The molecule has 3 rings (SSSR count). The minimum atomic E-state index is -0.386. The van der Waals surface area contributed by atoms with Gasteiger partial charge in [0.1, 0.15) is 17.7 Å². The van der Waals surface area contributed by atoms with Gasteiger partial charge < -0.3 is 19.5 Å². The molecule has 1 atom stereocenters. The number of hydrogen-bond acceptors (Lipinski definition) is 4. The highest BCUT2D eigenvalue weighted by Crippen LogP contribution is 2.29. The van der Waals surface area contributed by atoms with Crippen LogP contribution < -0.4 is 10.1 Å². The molecule has 0 aromatic heterocycles. The quantitative estimate of drug-likeness (QED) is 0.912. The van der Waals surface area contributed by atoms with Gasteiger partial charge >= 0.3 is 0 Å². The summed E-state index contributed by atoms with van der Waals surface area (Å²) < 4.78 is 29.3. The lowest BCUT2D eigenvalue weighted by molar-refractivity contribution is -0.130. The Bertz CT molecular complexity index is 514. The van der Waals surface area contributed by atoms with Crippen LogP contribution in [0.15, 0.2) is 12.1 Å². The Kier molecular flexibility index (Phi) is 3.84. The number of carbonyl (C=O) groups is 1. The van der Waals surface area contributed by atoms with Crippen molar-refractivity contribution in [3.8, 4) is 5.75 Å². The molecule has 1 unspecified atom stereocenters. The van der Waals surface area contributed by atoms with Crippen LogP contribution in [0.4, 0.5) is 4.39 Å². The van der Waals surface area contributed by atoms with Gasteiger partial charge in [-0.05, 0) is 25.0 Å². The third-order valence-corrected chi connectivity index (χ3v) is 3.43. The molecule has 2 heterocycles. The van der Waals surface area contributed by atoms with Gasteiger partial charge in [0, 0.05) is 24.3 Å². The molecule has 0 aliphatic carbocycles. The molecule has 1 fully saturated rings. The first-order valence-corrected chi connectivity index (χ1v) is 6.65. The average molecular weight is 281 g/mol. The van der Waals surface area contributed by atoms with Crippen molar-refractivity contribution in [3.05, 3.63) is 29.1 Å². The third kappa shape index (κ3) is 2.76. The van der Waals surface area contributed by atoms with E-state index in [1.807, 2.05) is 0 Å². The Morgan fingerprint density at radius 3 is 3.15 bits per heavy atom. The maximum absolute atomic E-state index is 13.5. The fourth-order valence-corrected chi connectivity index (χ4v) is 2.47. The Labute approximate surface area is 116 Å². The van der Waals surface area contributed by atoms with E-state index in [2.05, 4.69) is 5.32 Å². The fraction of sp³-hybridized carbons (Fsp3) is 0.500. The number of carbonyl (C=O) groups excluding carboxylic acids is 1. The molecule has 1 N–H and O–H groups in total. The van der Waals surface area contributed by atoms with Crippen molar-refractivity contribution < 1.29 is 23.4 Å². The lowest BCUT2D eigenvalue weighted by Crippen LogP contribution is -2.34. The molecule has 108 valence electrons. The summed E-state index contributed by atoms with van der Waals surface area (Å²) in [6, 6.07) is 2.76. The monoisotopic (exact) mass is 281 g/mol. The van der Waals surface area contributed by atoms with Gasteiger partial charge in [0.05, 0.1) is 6.61 Å². The van der Waals surface area contributed by atoms with E-state index in [1.165, 1.54) is 12.1 Å². The van der Waals surface area contributed by atoms with Gasteiger partial charge in [-0.25, -0.2) is 4.39 Å². The van der Waals surface area contributed by atoms with Crippen LogP contribution >= 0.6 is 0 Å². The van der Waals surface area contributed by atoms with Gasteiger partial charge in [-0.1, -0.05) is 0 Å². The van der Waals surface area contributed by atoms with Crippen molar-refractivity contribution in [2.45, 2.75) is 32.1 Å². The second-order valence-electron chi connectivity index (χ2n) is 4.88. The molecule has 1 saturated heterocycles. The average Bonchev–Trinajstić information content (AvgIpc) is 2.98. The fourth-order valence-electron chi connectivity index (χ4n) is 2.47. The van der Waals surface area contributed by atoms with Gasteiger partial charge in [-0.2, -0.15) is 0 Å². The maximum Gasteiger partial charge on any atom is 0.249 e. The molecule has 2 aliphatic rings. The lowest BCUT2D eigenvalue weighted by atomic mass is 10.1. The molecular formula is C14H16FNO4. The molecule has 0 spiro atoms. The van der Waals surface area contributed by atoms with Crippen molar-refractivity contribution in [2.24, 2.45) is 0 Å². The molecule has 6 heteroatoms. The van der Waals surface area contributed by atoms with E-state index in [9.17, 15) is 9.18 Å². The van der Waals surface area contributed by atoms with Gasteiger partial charge in [0.25, 0.3) is 0 Å². The van der Waals surface area contributed by atoms with Gasteiger partial charge in [-0.15, -0.1) is 0 Å². The molecule has 2 aliphatic heterocycles. The van der Waals surface area contributed by atoms with E-state index < -0.39 is 0 Å². The summed E-state index contributed by atoms with van der Waals surface area (Å²) in [6.07, 6.45) is 1.24. The van der Waals surface area contributed by atoms with Crippen molar-refractivity contribution in [1.29, 1.82) is 0 Å². The maximum atomic E-state index is 13.5. The van der Waals surface area contributed by atoms with Crippen molar-refractivity contribution in [1.82, 2.24) is 5.32 Å². The second kappa shape index (κ2) is 5.76. The predicted octanol–water partition coefficient (Wildman–Crippen LogP) is 1.49. The Hall–Kier alpha value is -1.66. The SMILES string of the molecule is O=C(NCc1cc(F)cc2c1OCOC2)C1CCCO1. The number of hydrogen-bond donors (Lipinski definition) is 1. The summed E-state index contributed by atoms with van der Waals surface area (Å²) in [5, 5.41) is 2.77. The van der Waals surface area contributed by atoms with Crippen molar-refractivity contribution in [2.75, 3.05) is 13.4 Å². The molecular weight excluding hydrogens is 265 g/mol. The molecule has 5 nitrogen and oxygen atoms in total. The molecule has 0 radical (unpaired) electrons. The normalized spacial score (nSPS) is 21.1. The molecule has 0 bridgehead atoms. The van der Waals surface area contributed by atoms with Gasteiger partial charge in [0.2, 0.25) is 5.91 Å². The zero-order valence-electron chi connectivity index (χ0n) is 11.0. The molecule has 1 aromatic carbocycles. The van der Waals surface area contributed by atoms with Crippen molar-refractivity contribution >= 4 is 5.91 Å². The number of benzene rings is 1. The molecule has 0 saturated carbocycles. The smallest absolute Gasteiger partial charge is 0.249 e. The van der Waals surface area contributed by atoms with E-state index in [1.54, 1.807) is 0 Å². The number of amides is 1. The second-order valence-corrected chi connectivity index (χ2v) is 4.88. The summed E-state index contributed by atoms with van der Waals surface area (Å²) in [6.45, 7) is 1.30. The first-order valence-electron chi connectivity index (χ1n) is 6.65. The van der Waals surface area contributed by atoms with Crippen LogP contribution in [0.3, 0.4) is 0 Å². The highest BCUT2D eigenvalue weighted by atomic mass is 19.1. The number of ether oxygens (including phenoxy) is 3. The van der Waals surface area contributed by atoms with Gasteiger partial charge in [-0.3, -0.25) is 4.79 Å². The largest absolute Gasteiger partial charge is 0.467 e. The highest BCUT2D eigenvalue weighted by Gasteiger charge is 2.24. The first kappa shape index (κ1) is 13.3. The zero-order valence-corrected chi connectivity index (χ0v) is 11.0. The molecule has 1 amide bonds. The number of rotatable bonds is 3. The number of halogens is 1. The Morgan fingerprint density at radius 2 is 2.35 bits per heavy atom. The molecule has 20 heavy (non-hydrogen) atoms. The van der Waals surface area contributed by atoms with Crippen LogP contribution in [-0.4, -0.2) is 25.4 Å². The summed E-state index contributed by atoms with van der Waals surface area (Å²) >= 11 is 0. The standard InChI is InChI=1S/C14H16FNO4/c15-11-4-9(13-10(5-11)7-18-8-20-13)6-16-14(17)12-2-1-3-19-12/h4-5,12H,1-3,6-8H2,(H,16,17). The number of fused-ring (bicyclic) bond motifs is 1. The summed E-state index contributed by atoms with van der Waals surface area (Å²) in [7, 11) is 0. The van der Waals surface area contributed by atoms with Crippen LogP contribution in [-0.2, 0) is 27.4 Å². The Morgan fingerprint density at radius 1 is 1.45 bits per heavy atom. The minimum Gasteiger partial charge on any atom is -0.467 e. The van der Waals surface area contributed by atoms with E-state index in [4.69, 9.17) is 14.2 Å². The van der Waals surface area contributed by atoms with Crippen LogP contribution in [0.5, 0.6) is 5.75 Å². The number of nitrogens with one attached hydrogen (secondary N) is 1. The van der Waals surface area contributed by atoms with Crippen molar-refractivity contribution in [3.63, 3.8) is 0 Å².